The SMILES string of the molecule is CC(C)C[C@H](NC(=O)OCc1ccccc1)C(=O)OCc1ccncc1. The van der Waals surface area contributed by atoms with Crippen molar-refractivity contribution in [2.75, 3.05) is 0 Å². The van der Waals surface area contributed by atoms with Crippen LogP contribution in [0.5, 0.6) is 0 Å². The molecule has 138 valence electrons. The molecule has 2 rings (SSSR count). The molecule has 1 N–H and O–H groups in total. The van der Waals surface area contributed by atoms with Gasteiger partial charge in [-0.1, -0.05) is 44.2 Å². The van der Waals surface area contributed by atoms with Crippen molar-refractivity contribution < 1.29 is 19.1 Å². The van der Waals surface area contributed by atoms with Crippen LogP contribution < -0.4 is 5.32 Å². The summed E-state index contributed by atoms with van der Waals surface area (Å²) in [5.74, 6) is -0.268. The first-order valence-corrected chi connectivity index (χ1v) is 8.57. The lowest BCUT2D eigenvalue weighted by Gasteiger charge is -2.19. The number of alkyl carbamates (subject to hydrolysis) is 1. The third-order valence-corrected chi connectivity index (χ3v) is 3.63. The number of esters is 1. The molecule has 1 amide bonds. The molecule has 0 aliphatic rings. The molecule has 1 heterocycles. The Labute approximate surface area is 153 Å². The van der Waals surface area contributed by atoms with Crippen molar-refractivity contribution in [3.63, 3.8) is 0 Å². The highest BCUT2D eigenvalue weighted by Crippen LogP contribution is 2.09. The fourth-order valence-electron chi connectivity index (χ4n) is 2.33. The highest BCUT2D eigenvalue weighted by atomic mass is 16.6. The topological polar surface area (TPSA) is 77.5 Å². The van der Waals surface area contributed by atoms with Crippen LogP contribution in [0.3, 0.4) is 0 Å². The number of pyridine rings is 1. The van der Waals surface area contributed by atoms with E-state index in [1.807, 2.05) is 44.2 Å². The summed E-state index contributed by atoms with van der Waals surface area (Å²) in [6.07, 6.45) is 3.10. The number of ether oxygens (including phenoxy) is 2. The van der Waals surface area contributed by atoms with Gasteiger partial charge in [0.25, 0.3) is 0 Å². The molecule has 1 aromatic carbocycles. The van der Waals surface area contributed by atoms with Crippen LogP contribution in [0.25, 0.3) is 0 Å². The van der Waals surface area contributed by atoms with Crippen LogP contribution in [-0.4, -0.2) is 23.1 Å². The molecule has 0 fully saturated rings. The fraction of sp³-hybridized carbons (Fsp3) is 0.350. The van der Waals surface area contributed by atoms with Crippen molar-refractivity contribution in [1.82, 2.24) is 10.3 Å². The second-order valence-electron chi connectivity index (χ2n) is 6.35. The Morgan fingerprint density at radius 1 is 0.962 bits per heavy atom. The van der Waals surface area contributed by atoms with Gasteiger partial charge in [0.15, 0.2) is 0 Å². The Hall–Kier alpha value is -2.89. The molecule has 2 aromatic rings. The normalized spacial score (nSPS) is 11.7. The molecule has 0 saturated carbocycles. The van der Waals surface area contributed by atoms with E-state index in [0.29, 0.717) is 6.42 Å². The Bertz CT molecular complexity index is 689. The molecular weight excluding hydrogens is 332 g/mol. The summed E-state index contributed by atoms with van der Waals surface area (Å²) in [4.78, 5) is 28.3. The molecule has 0 saturated heterocycles. The molecule has 0 unspecified atom stereocenters. The standard InChI is InChI=1S/C20H24N2O4/c1-15(2)12-18(19(23)25-13-17-8-10-21-11-9-17)22-20(24)26-14-16-6-4-3-5-7-16/h3-11,15,18H,12-14H2,1-2H3,(H,22,24)/t18-/m0/s1. The van der Waals surface area contributed by atoms with Crippen LogP contribution in [0.1, 0.15) is 31.4 Å². The zero-order valence-corrected chi connectivity index (χ0v) is 15.1. The lowest BCUT2D eigenvalue weighted by molar-refractivity contribution is -0.147. The van der Waals surface area contributed by atoms with E-state index in [1.165, 1.54) is 0 Å². The monoisotopic (exact) mass is 356 g/mol. The third kappa shape index (κ3) is 6.93. The van der Waals surface area contributed by atoms with Gasteiger partial charge in [0, 0.05) is 12.4 Å². The molecule has 0 bridgehead atoms. The van der Waals surface area contributed by atoms with E-state index in [-0.39, 0.29) is 19.1 Å². The van der Waals surface area contributed by atoms with Crippen LogP contribution in [0, 0.1) is 5.92 Å². The van der Waals surface area contributed by atoms with E-state index < -0.39 is 18.1 Å². The van der Waals surface area contributed by atoms with E-state index in [1.54, 1.807) is 24.5 Å². The molecule has 1 aromatic heterocycles. The number of rotatable bonds is 8. The van der Waals surface area contributed by atoms with Crippen LogP contribution in [0.2, 0.25) is 0 Å². The summed E-state index contributed by atoms with van der Waals surface area (Å²) in [6.45, 7) is 4.23. The number of nitrogens with zero attached hydrogens (tertiary/aromatic N) is 1. The van der Waals surface area contributed by atoms with Gasteiger partial charge in [-0.05, 0) is 35.6 Å². The maximum atomic E-state index is 12.4. The first kappa shape index (κ1) is 19.4. The predicted octanol–water partition coefficient (Wildman–Crippen LogP) is 3.47. The van der Waals surface area contributed by atoms with Gasteiger partial charge in [0.05, 0.1) is 0 Å². The van der Waals surface area contributed by atoms with Crippen LogP contribution >= 0.6 is 0 Å². The molecule has 6 heteroatoms. The van der Waals surface area contributed by atoms with Gasteiger partial charge in [-0.15, -0.1) is 0 Å². The first-order chi connectivity index (χ1) is 12.5. The van der Waals surface area contributed by atoms with Crippen molar-refractivity contribution in [3.05, 3.63) is 66.0 Å². The number of nitrogens with one attached hydrogen (secondary N) is 1. The van der Waals surface area contributed by atoms with Crippen molar-refractivity contribution >= 4 is 12.1 Å². The number of amides is 1. The Morgan fingerprint density at radius 2 is 1.58 bits per heavy atom. The molecule has 6 nitrogen and oxygen atoms in total. The first-order valence-electron chi connectivity index (χ1n) is 8.57. The number of aromatic nitrogens is 1. The van der Waals surface area contributed by atoms with E-state index >= 15 is 0 Å². The zero-order chi connectivity index (χ0) is 18.8. The minimum absolute atomic E-state index is 0.136. The molecule has 0 radical (unpaired) electrons. The highest BCUT2D eigenvalue weighted by Gasteiger charge is 2.24. The summed E-state index contributed by atoms with van der Waals surface area (Å²) in [6, 6.07) is 12.1. The van der Waals surface area contributed by atoms with Gasteiger partial charge in [0.1, 0.15) is 19.3 Å². The van der Waals surface area contributed by atoms with E-state index in [2.05, 4.69) is 10.3 Å². The van der Waals surface area contributed by atoms with Gasteiger partial charge < -0.3 is 14.8 Å². The van der Waals surface area contributed by atoms with Gasteiger partial charge in [-0.2, -0.15) is 0 Å². The largest absolute Gasteiger partial charge is 0.459 e. The minimum Gasteiger partial charge on any atom is -0.459 e. The van der Waals surface area contributed by atoms with Gasteiger partial charge in [-0.25, -0.2) is 9.59 Å². The Morgan fingerprint density at radius 3 is 2.23 bits per heavy atom. The van der Waals surface area contributed by atoms with Gasteiger partial charge in [-0.3, -0.25) is 4.98 Å². The summed E-state index contributed by atoms with van der Waals surface area (Å²) >= 11 is 0. The number of hydrogen-bond donors (Lipinski definition) is 1. The number of hydrogen-bond acceptors (Lipinski definition) is 5. The quantitative estimate of drug-likeness (QED) is 0.733. The predicted molar refractivity (Wildman–Crippen MR) is 97.0 cm³/mol. The summed E-state index contributed by atoms with van der Waals surface area (Å²) in [5.41, 5.74) is 1.71. The average molecular weight is 356 g/mol. The summed E-state index contributed by atoms with van der Waals surface area (Å²) in [7, 11) is 0. The van der Waals surface area contributed by atoms with Crippen LogP contribution in [0.4, 0.5) is 4.79 Å². The zero-order valence-electron chi connectivity index (χ0n) is 15.1. The maximum Gasteiger partial charge on any atom is 0.408 e. The van der Waals surface area contributed by atoms with Crippen molar-refractivity contribution in [1.29, 1.82) is 0 Å². The molecular formula is C20H24N2O4. The second kappa shape index (κ2) is 10.2. The maximum absolute atomic E-state index is 12.4. The van der Waals surface area contributed by atoms with Crippen LogP contribution in [-0.2, 0) is 27.5 Å². The number of carbonyl (C=O) groups excluding carboxylic acids is 2. The Kier molecular flexibility index (Phi) is 7.61. The molecule has 1 atom stereocenters. The molecule has 0 aliphatic carbocycles. The van der Waals surface area contributed by atoms with E-state index in [4.69, 9.17) is 9.47 Å². The van der Waals surface area contributed by atoms with Gasteiger partial charge >= 0.3 is 12.1 Å². The fourth-order valence-corrected chi connectivity index (χ4v) is 2.33. The van der Waals surface area contributed by atoms with Crippen molar-refractivity contribution in [3.8, 4) is 0 Å². The highest BCUT2D eigenvalue weighted by molar-refractivity contribution is 5.81. The number of carbonyl (C=O) groups is 2. The van der Waals surface area contributed by atoms with Crippen LogP contribution in [0.15, 0.2) is 54.9 Å². The summed E-state index contributed by atoms with van der Waals surface area (Å²) < 4.78 is 10.5. The van der Waals surface area contributed by atoms with Gasteiger partial charge in [0.2, 0.25) is 0 Å². The molecule has 0 aliphatic heterocycles. The molecule has 26 heavy (non-hydrogen) atoms. The van der Waals surface area contributed by atoms with Crippen molar-refractivity contribution in [2.45, 2.75) is 39.5 Å². The molecule has 0 spiro atoms. The van der Waals surface area contributed by atoms with Crippen molar-refractivity contribution in [2.24, 2.45) is 5.92 Å². The lowest BCUT2D eigenvalue weighted by Crippen LogP contribution is -2.42. The third-order valence-electron chi connectivity index (χ3n) is 3.63. The lowest BCUT2D eigenvalue weighted by atomic mass is 10.0. The minimum atomic E-state index is -0.750. The average Bonchev–Trinajstić information content (AvgIpc) is 2.65. The van der Waals surface area contributed by atoms with E-state index in [9.17, 15) is 9.59 Å². The smallest absolute Gasteiger partial charge is 0.408 e. The number of benzene rings is 1. The Balaban J connectivity index is 1.86. The summed E-state index contributed by atoms with van der Waals surface area (Å²) in [5, 5.41) is 2.61. The second-order valence-corrected chi connectivity index (χ2v) is 6.35. The van der Waals surface area contributed by atoms with E-state index in [0.717, 1.165) is 11.1 Å².